The number of pyridine rings is 1. The predicted octanol–water partition coefficient (Wildman–Crippen LogP) is 2.43. The summed E-state index contributed by atoms with van der Waals surface area (Å²) in [7, 11) is 0. The van der Waals surface area contributed by atoms with Crippen LogP contribution in [-0.2, 0) is 6.42 Å². The maximum atomic E-state index is 9.36. The molecule has 0 atom stereocenters. The lowest BCUT2D eigenvalue weighted by atomic mass is 10.1. The molecule has 5 heteroatoms. The average Bonchev–Trinajstić information content (AvgIpc) is 2.88. The van der Waals surface area contributed by atoms with Gasteiger partial charge in [0.25, 0.3) is 5.89 Å². The SMILES string of the molecule is Oc1cncc(-c2nc(Cc3ccccc3)no2)c1. The van der Waals surface area contributed by atoms with Crippen LogP contribution in [0.2, 0.25) is 0 Å². The van der Waals surface area contributed by atoms with Gasteiger partial charge >= 0.3 is 0 Å². The van der Waals surface area contributed by atoms with Crippen molar-refractivity contribution in [1.29, 1.82) is 0 Å². The summed E-state index contributed by atoms with van der Waals surface area (Å²) in [5, 5.41) is 13.3. The first-order valence-corrected chi connectivity index (χ1v) is 5.82. The summed E-state index contributed by atoms with van der Waals surface area (Å²) >= 11 is 0. The summed E-state index contributed by atoms with van der Waals surface area (Å²) < 4.78 is 5.17. The van der Waals surface area contributed by atoms with Gasteiger partial charge in [0.2, 0.25) is 0 Å². The van der Waals surface area contributed by atoms with E-state index in [0.29, 0.717) is 23.7 Å². The Morgan fingerprint density at radius 2 is 1.95 bits per heavy atom. The van der Waals surface area contributed by atoms with Crippen LogP contribution in [0.25, 0.3) is 11.5 Å². The normalized spacial score (nSPS) is 10.5. The minimum Gasteiger partial charge on any atom is -0.506 e. The summed E-state index contributed by atoms with van der Waals surface area (Å²) in [5.41, 5.74) is 1.72. The van der Waals surface area contributed by atoms with E-state index in [4.69, 9.17) is 4.52 Å². The Hall–Kier alpha value is -2.69. The van der Waals surface area contributed by atoms with E-state index in [1.165, 1.54) is 12.3 Å². The lowest BCUT2D eigenvalue weighted by Gasteiger charge is -1.95. The van der Waals surface area contributed by atoms with Gasteiger partial charge in [0.1, 0.15) is 5.75 Å². The number of nitrogens with zero attached hydrogens (tertiary/aromatic N) is 3. The molecule has 94 valence electrons. The highest BCUT2D eigenvalue weighted by Gasteiger charge is 2.10. The number of benzene rings is 1. The second kappa shape index (κ2) is 4.89. The molecule has 0 unspecified atom stereocenters. The fourth-order valence-electron chi connectivity index (χ4n) is 1.77. The Balaban J connectivity index is 1.84. The van der Waals surface area contributed by atoms with E-state index in [0.717, 1.165) is 5.56 Å². The van der Waals surface area contributed by atoms with Crippen molar-refractivity contribution in [3.05, 3.63) is 60.2 Å². The van der Waals surface area contributed by atoms with Gasteiger partial charge in [-0.2, -0.15) is 4.98 Å². The van der Waals surface area contributed by atoms with Crippen LogP contribution >= 0.6 is 0 Å². The van der Waals surface area contributed by atoms with Crippen LogP contribution in [-0.4, -0.2) is 20.2 Å². The minimum atomic E-state index is 0.0697. The van der Waals surface area contributed by atoms with Crippen LogP contribution in [0.3, 0.4) is 0 Å². The Bertz CT molecular complexity index is 680. The largest absolute Gasteiger partial charge is 0.506 e. The summed E-state index contributed by atoms with van der Waals surface area (Å²) in [6.45, 7) is 0. The van der Waals surface area contributed by atoms with Gasteiger partial charge in [0.05, 0.1) is 11.8 Å². The van der Waals surface area contributed by atoms with Gasteiger partial charge < -0.3 is 9.63 Å². The summed E-state index contributed by atoms with van der Waals surface area (Å²) in [6, 6.07) is 11.4. The molecule has 0 saturated carbocycles. The van der Waals surface area contributed by atoms with E-state index in [-0.39, 0.29) is 5.75 Å². The molecule has 0 aliphatic carbocycles. The third kappa shape index (κ3) is 2.60. The highest BCUT2D eigenvalue weighted by atomic mass is 16.5. The molecule has 0 saturated heterocycles. The number of hydrogen-bond donors (Lipinski definition) is 1. The lowest BCUT2D eigenvalue weighted by molar-refractivity contribution is 0.423. The summed E-state index contributed by atoms with van der Waals surface area (Å²) in [6.07, 6.45) is 3.53. The molecule has 3 rings (SSSR count). The summed E-state index contributed by atoms with van der Waals surface area (Å²) in [4.78, 5) is 8.16. The van der Waals surface area contributed by atoms with Crippen molar-refractivity contribution in [1.82, 2.24) is 15.1 Å². The lowest BCUT2D eigenvalue weighted by Crippen LogP contribution is -1.90. The molecule has 0 amide bonds. The fraction of sp³-hybridized carbons (Fsp3) is 0.0714. The molecule has 0 bridgehead atoms. The molecular weight excluding hydrogens is 242 g/mol. The highest BCUT2D eigenvalue weighted by Crippen LogP contribution is 2.20. The third-order valence-electron chi connectivity index (χ3n) is 2.64. The number of aromatic hydroxyl groups is 1. The van der Waals surface area contributed by atoms with Crippen molar-refractivity contribution >= 4 is 0 Å². The van der Waals surface area contributed by atoms with Crippen LogP contribution < -0.4 is 0 Å². The van der Waals surface area contributed by atoms with E-state index in [1.807, 2.05) is 30.3 Å². The van der Waals surface area contributed by atoms with E-state index >= 15 is 0 Å². The average molecular weight is 253 g/mol. The maximum absolute atomic E-state index is 9.36. The van der Waals surface area contributed by atoms with Crippen molar-refractivity contribution in [2.45, 2.75) is 6.42 Å². The fourth-order valence-corrected chi connectivity index (χ4v) is 1.77. The zero-order valence-corrected chi connectivity index (χ0v) is 10.0. The minimum absolute atomic E-state index is 0.0697. The Morgan fingerprint density at radius 1 is 1.11 bits per heavy atom. The van der Waals surface area contributed by atoms with E-state index in [1.54, 1.807) is 6.20 Å². The second-order valence-electron chi connectivity index (χ2n) is 4.11. The molecule has 1 N–H and O–H groups in total. The van der Waals surface area contributed by atoms with Crippen molar-refractivity contribution in [3.8, 4) is 17.2 Å². The second-order valence-corrected chi connectivity index (χ2v) is 4.11. The van der Waals surface area contributed by atoms with Crippen molar-refractivity contribution in [3.63, 3.8) is 0 Å². The maximum Gasteiger partial charge on any atom is 0.259 e. The zero-order valence-electron chi connectivity index (χ0n) is 10.0. The molecule has 0 aliphatic heterocycles. The smallest absolute Gasteiger partial charge is 0.259 e. The highest BCUT2D eigenvalue weighted by molar-refractivity contribution is 5.53. The first-order valence-electron chi connectivity index (χ1n) is 5.82. The summed E-state index contributed by atoms with van der Waals surface area (Å²) in [5.74, 6) is 1.03. The number of rotatable bonds is 3. The van der Waals surface area contributed by atoms with E-state index < -0.39 is 0 Å². The first-order chi connectivity index (χ1) is 9.31. The van der Waals surface area contributed by atoms with Crippen molar-refractivity contribution in [2.75, 3.05) is 0 Å². The van der Waals surface area contributed by atoms with Gasteiger partial charge in [-0.3, -0.25) is 4.98 Å². The van der Waals surface area contributed by atoms with Crippen LogP contribution in [0, 0.1) is 0 Å². The molecule has 0 radical (unpaired) electrons. The van der Waals surface area contributed by atoms with Gasteiger partial charge in [-0.25, -0.2) is 0 Å². The van der Waals surface area contributed by atoms with Gasteiger partial charge in [-0.1, -0.05) is 35.5 Å². The molecule has 0 aliphatic rings. The molecule has 3 aromatic rings. The van der Waals surface area contributed by atoms with Crippen LogP contribution in [0.1, 0.15) is 11.4 Å². The first kappa shape index (κ1) is 11.4. The molecule has 19 heavy (non-hydrogen) atoms. The third-order valence-corrected chi connectivity index (χ3v) is 2.64. The van der Waals surface area contributed by atoms with E-state index in [9.17, 15) is 5.11 Å². The Morgan fingerprint density at radius 3 is 2.74 bits per heavy atom. The molecule has 5 nitrogen and oxygen atoms in total. The van der Waals surface area contributed by atoms with Crippen LogP contribution in [0.5, 0.6) is 5.75 Å². The number of aromatic nitrogens is 3. The molecule has 2 aromatic heterocycles. The molecular formula is C14H11N3O2. The monoisotopic (exact) mass is 253 g/mol. The van der Waals surface area contributed by atoms with Crippen LogP contribution in [0.15, 0.2) is 53.3 Å². The topological polar surface area (TPSA) is 72.0 Å². The van der Waals surface area contributed by atoms with Crippen molar-refractivity contribution < 1.29 is 9.63 Å². The molecule has 1 aromatic carbocycles. The van der Waals surface area contributed by atoms with Crippen LogP contribution in [0.4, 0.5) is 0 Å². The molecule has 0 spiro atoms. The Labute approximate surface area is 109 Å². The van der Waals surface area contributed by atoms with Gasteiger partial charge in [0, 0.05) is 12.6 Å². The van der Waals surface area contributed by atoms with E-state index in [2.05, 4.69) is 15.1 Å². The number of hydrogen-bond acceptors (Lipinski definition) is 5. The molecule has 0 fully saturated rings. The predicted molar refractivity (Wildman–Crippen MR) is 68.4 cm³/mol. The quantitative estimate of drug-likeness (QED) is 0.776. The van der Waals surface area contributed by atoms with Gasteiger partial charge in [-0.05, 0) is 11.6 Å². The standard InChI is InChI=1S/C14H11N3O2/c18-12-7-11(8-15-9-12)14-16-13(17-19-14)6-10-4-2-1-3-5-10/h1-5,7-9,18H,6H2. The van der Waals surface area contributed by atoms with Crippen molar-refractivity contribution in [2.24, 2.45) is 0 Å². The Kier molecular flexibility index (Phi) is 2.94. The van der Waals surface area contributed by atoms with Gasteiger partial charge in [-0.15, -0.1) is 0 Å². The zero-order chi connectivity index (χ0) is 13.1. The molecule has 2 heterocycles. The van der Waals surface area contributed by atoms with Gasteiger partial charge in [0.15, 0.2) is 5.82 Å².